The Morgan fingerprint density at radius 2 is 2.23 bits per heavy atom. The number of methoxy groups -OCH3 is 1. The fourth-order valence-corrected chi connectivity index (χ4v) is 2.51. The molecule has 0 spiro atoms. The molecule has 0 fully saturated rings. The van der Waals surface area contributed by atoms with Crippen LogP contribution in [-0.2, 0) is 11.3 Å². The lowest BCUT2D eigenvalue weighted by Gasteiger charge is -2.25. The normalized spacial score (nSPS) is 18.7. The predicted molar refractivity (Wildman–Crippen MR) is 82.6 cm³/mol. The molecule has 1 aromatic carbocycles. The summed E-state index contributed by atoms with van der Waals surface area (Å²) in [6.07, 6.45) is 1.71. The molecule has 1 aromatic rings. The van der Waals surface area contributed by atoms with Crippen molar-refractivity contribution in [3.8, 4) is 11.5 Å². The van der Waals surface area contributed by atoms with Gasteiger partial charge in [0.2, 0.25) is 0 Å². The molecular weight excluding hydrogens is 284 g/mol. The summed E-state index contributed by atoms with van der Waals surface area (Å²) in [5.74, 6) is 0.989. The van der Waals surface area contributed by atoms with Crippen molar-refractivity contribution in [3.05, 3.63) is 23.3 Å². The van der Waals surface area contributed by atoms with E-state index >= 15 is 0 Å². The standard InChI is InChI=1S/C17H24O5/c1-4-5-6-12(18)9-22-17-14-10-21-11(2)16(19)13(14)7-8-15(17)20-3/h7-8,11-12,18H,4-6,9-10H2,1-3H3. The zero-order chi connectivity index (χ0) is 16.1. The van der Waals surface area contributed by atoms with Gasteiger partial charge < -0.3 is 19.3 Å². The molecular formula is C17H24O5. The zero-order valence-electron chi connectivity index (χ0n) is 13.4. The van der Waals surface area contributed by atoms with Crippen molar-refractivity contribution >= 4 is 5.78 Å². The van der Waals surface area contributed by atoms with Gasteiger partial charge in [-0.2, -0.15) is 0 Å². The third-order valence-electron chi connectivity index (χ3n) is 3.87. The number of Topliss-reactive ketones (excluding diaryl/α,β-unsaturated/α-hetero) is 1. The first-order chi connectivity index (χ1) is 10.6. The van der Waals surface area contributed by atoms with Crippen LogP contribution in [0.5, 0.6) is 11.5 Å². The molecule has 2 unspecified atom stereocenters. The lowest BCUT2D eigenvalue weighted by molar-refractivity contribution is 0.0315. The largest absolute Gasteiger partial charge is 0.493 e. The van der Waals surface area contributed by atoms with Gasteiger partial charge in [-0.05, 0) is 25.5 Å². The van der Waals surface area contributed by atoms with E-state index in [0.717, 1.165) is 12.8 Å². The molecule has 0 aromatic heterocycles. The highest BCUT2D eigenvalue weighted by Gasteiger charge is 2.29. The number of benzene rings is 1. The number of unbranched alkanes of at least 4 members (excludes halogenated alkanes) is 1. The fraction of sp³-hybridized carbons (Fsp3) is 0.588. The number of aliphatic hydroxyl groups excluding tert-OH is 1. The molecule has 1 aliphatic heterocycles. The lowest BCUT2D eigenvalue weighted by Crippen LogP contribution is -2.28. The number of carbonyl (C=O) groups is 1. The maximum absolute atomic E-state index is 12.2. The lowest BCUT2D eigenvalue weighted by atomic mass is 9.97. The Kier molecular flexibility index (Phi) is 5.80. The van der Waals surface area contributed by atoms with Crippen molar-refractivity contribution in [2.24, 2.45) is 0 Å². The van der Waals surface area contributed by atoms with E-state index in [1.807, 2.05) is 0 Å². The van der Waals surface area contributed by atoms with Crippen LogP contribution in [0, 0.1) is 0 Å². The van der Waals surface area contributed by atoms with Gasteiger partial charge in [0.05, 0.1) is 19.8 Å². The summed E-state index contributed by atoms with van der Waals surface area (Å²) in [5.41, 5.74) is 1.31. The fourth-order valence-electron chi connectivity index (χ4n) is 2.51. The summed E-state index contributed by atoms with van der Waals surface area (Å²) in [6.45, 7) is 4.30. The highest BCUT2D eigenvalue weighted by Crippen LogP contribution is 2.37. The van der Waals surface area contributed by atoms with Crippen LogP contribution in [0.4, 0.5) is 0 Å². The molecule has 0 amide bonds. The maximum atomic E-state index is 12.2. The monoisotopic (exact) mass is 308 g/mol. The molecule has 122 valence electrons. The van der Waals surface area contributed by atoms with Crippen molar-refractivity contribution in [1.82, 2.24) is 0 Å². The summed E-state index contributed by atoms with van der Waals surface area (Å²) < 4.78 is 16.6. The maximum Gasteiger partial charge on any atom is 0.191 e. The minimum atomic E-state index is -0.528. The summed E-state index contributed by atoms with van der Waals surface area (Å²) in [6, 6.07) is 3.47. The van der Waals surface area contributed by atoms with E-state index in [-0.39, 0.29) is 12.4 Å². The smallest absolute Gasteiger partial charge is 0.191 e. The summed E-state index contributed by atoms with van der Waals surface area (Å²) >= 11 is 0. The van der Waals surface area contributed by atoms with Crippen molar-refractivity contribution in [2.45, 2.75) is 51.9 Å². The highest BCUT2D eigenvalue weighted by molar-refractivity contribution is 6.02. The van der Waals surface area contributed by atoms with Gasteiger partial charge in [0.25, 0.3) is 0 Å². The van der Waals surface area contributed by atoms with Crippen LogP contribution < -0.4 is 9.47 Å². The summed E-state index contributed by atoms with van der Waals surface area (Å²) in [5, 5.41) is 9.94. The molecule has 0 saturated carbocycles. The summed E-state index contributed by atoms with van der Waals surface area (Å²) in [7, 11) is 1.55. The second kappa shape index (κ2) is 7.61. The SMILES string of the molecule is CCCCC(O)COc1c(OC)ccc2c1COC(C)C2=O. The first-order valence-electron chi connectivity index (χ1n) is 7.75. The molecule has 22 heavy (non-hydrogen) atoms. The van der Waals surface area contributed by atoms with E-state index in [0.29, 0.717) is 35.7 Å². The Bertz CT molecular complexity index is 526. The Morgan fingerprint density at radius 1 is 1.45 bits per heavy atom. The zero-order valence-corrected chi connectivity index (χ0v) is 13.4. The van der Waals surface area contributed by atoms with Gasteiger partial charge in [0.15, 0.2) is 17.3 Å². The minimum absolute atomic E-state index is 0.0553. The Hall–Kier alpha value is -1.59. The van der Waals surface area contributed by atoms with Crippen LogP contribution in [-0.4, -0.2) is 36.8 Å². The van der Waals surface area contributed by atoms with E-state index in [9.17, 15) is 9.90 Å². The van der Waals surface area contributed by atoms with E-state index in [2.05, 4.69) is 6.92 Å². The Balaban J connectivity index is 2.20. The molecule has 0 aliphatic carbocycles. The Labute approximate surface area is 131 Å². The van der Waals surface area contributed by atoms with E-state index < -0.39 is 12.2 Å². The van der Waals surface area contributed by atoms with Crippen molar-refractivity contribution in [1.29, 1.82) is 0 Å². The number of rotatable bonds is 7. The van der Waals surface area contributed by atoms with Gasteiger partial charge in [0.1, 0.15) is 12.7 Å². The quantitative estimate of drug-likeness (QED) is 0.839. The molecule has 5 heteroatoms. The van der Waals surface area contributed by atoms with Gasteiger partial charge in [0, 0.05) is 11.1 Å². The summed E-state index contributed by atoms with van der Waals surface area (Å²) in [4.78, 5) is 12.2. The Morgan fingerprint density at radius 3 is 2.91 bits per heavy atom. The average Bonchev–Trinajstić information content (AvgIpc) is 2.53. The molecule has 0 bridgehead atoms. The third kappa shape index (κ3) is 3.59. The first kappa shape index (κ1) is 16.8. The number of carbonyl (C=O) groups excluding carboxylic acids is 1. The van der Waals surface area contributed by atoms with Gasteiger partial charge in [-0.3, -0.25) is 4.79 Å². The first-order valence-corrected chi connectivity index (χ1v) is 7.75. The highest BCUT2D eigenvalue weighted by atomic mass is 16.5. The van der Waals surface area contributed by atoms with Crippen LogP contribution >= 0.6 is 0 Å². The van der Waals surface area contributed by atoms with E-state index in [1.54, 1.807) is 26.2 Å². The van der Waals surface area contributed by atoms with Gasteiger partial charge in [-0.15, -0.1) is 0 Å². The molecule has 1 heterocycles. The molecule has 2 rings (SSSR count). The number of aliphatic hydroxyl groups is 1. The van der Waals surface area contributed by atoms with Crippen LogP contribution in [0.3, 0.4) is 0 Å². The third-order valence-corrected chi connectivity index (χ3v) is 3.87. The number of hydrogen-bond acceptors (Lipinski definition) is 5. The molecule has 0 saturated heterocycles. The molecule has 0 radical (unpaired) electrons. The second-order valence-corrected chi connectivity index (χ2v) is 5.55. The number of ketones is 1. The number of fused-ring (bicyclic) bond motifs is 1. The minimum Gasteiger partial charge on any atom is -0.493 e. The van der Waals surface area contributed by atoms with Gasteiger partial charge in [-0.25, -0.2) is 0 Å². The van der Waals surface area contributed by atoms with Crippen molar-refractivity contribution < 1.29 is 24.1 Å². The number of ether oxygens (including phenoxy) is 3. The average molecular weight is 308 g/mol. The molecule has 2 atom stereocenters. The topological polar surface area (TPSA) is 65.0 Å². The molecule has 1 aliphatic rings. The van der Waals surface area contributed by atoms with Gasteiger partial charge in [-0.1, -0.05) is 19.8 Å². The van der Waals surface area contributed by atoms with Crippen LogP contribution in [0.2, 0.25) is 0 Å². The van der Waals surface area contributed by atoms with Crippen molar-refractivity contribution in [3.63, 3.8) is 0 Å². The molecule has 1 N–H and O–H groups in total. The predicted octanol–water partition coefficient (Wildman–Crippen LogP) is 2.73. The van der Waals surface area contributed by atoms with Crippen LogP contribution in [0.25, 0.3) is 0 Å². The van der Waals surface area contributed by atoms with Gasteiger partial charge >= 0.3 is 0 Å². The number of hydrogen-bond donors (Lipinski definition) is 1. The van der Waals surface area contributed by atoms with E-state index in [4.69, 9.17) is 14.2 Å². The second-order valence-electron chi connectivity index (χ2n) is 5.55. The van der Waals surface area contributed by atoms with Crippen LogP contribution in [0.1, 0.15) is 49.0 Å². The van der Waals surface area contributed by atoms with E-state index in [1.165, 1.54) is 0 Å². The van der Waals surface area contributed by atoms with Crippen molar-refractivity contribution in [2.75, 3.05) is 13.7 Å². The molecule has 5 nitrogen and oxygen atoms in total. The van der Waals surface area contributed by atoms with Crippen LogP contribution in [0.15, 0.2) is 12.1 Å².